The van der Waals surface area contributed by atoms with Gasteiger partial charge in [-0.25, -0.2) is 0 Å². The van der Waals surface area contributed by atoms with Gasteiger partial charge < -0.3 is 9.80 Å². The minimum Gasteiger partial charge on any atom is -0.347 e. The van der Waals surface area contributed by atoms with Crippen LogP contribution in [0, 0.1) is 0 Å². The summed E-state index contributed by atoms with van der Waals surface area (Å²) in [7, 11) is 3.30. The van der Waals surface area contributed by atoms with Crippen molar-refractivity contribution in [3.8, 4) is 0 Å². The van der Waals surface area contributed by atoms with Gasteiger partial charge in [0.15, 0.2) is 10.8 Å². The largest absolute Gasteiger partial charge is 0.347 e. The average Bonchev–Trinajstić information content (AvgIpc) is 2.38. The molecule has 0 fully saturated rings. The smallest absolute Gasteiger partial charge is 0.274 e. The van der Waals surface area contributed by atoms with Gasteiger partial charge in [-0.1, -0.05) is 18.5 Å². The summed E-state index contributed by atoms with van der Waals surface area (Å²) >= 11 is 5.62. The van der Waals surface area contributed by atoms with Gasteiger partial charge in [0.25, 0.3) is 5.91 Å². The molecule has 0 unspecified atom stereocenters. The van der Waals surface area contributed by atoms with Crippen LogP contribution in [0.4, 0.5) is 0 Å². The second kappa shape index (κ2) is 7.04. The van der Waals surface area contributed by atoms with E-state index in [-0.39, 0.29) is 29.2 Å². The summed E-state index contributed by atoms with van der Waals surface area (Å²) in [4.78, 5) is 26.8. The lowest BCUT2D eigenvalue weighted by Gasteiger charge is -2.22. The maximum atomic E-state index is 12.2. The Morgan fingerprint density at radius 2 is 1.95 bits per heavy atom. The maximum absolute atomic E-state index is 12.2. The second-order valence-corrected chi connectivity index (χ2v) is 4.64. The fraction of sp³-hybridized carbons (Fsp3) is 0.500. The molecule has 0 N–H and O–H groups in total. The summed E-state index contributed by atoms with van der Waals surface area (Å²) in [5.74, 6) is -0.454. The lowest BCUT2D eigenvalue weighted by Crippen LogP contribution is -2.41. The van der Waals surface area contributed by atoms with Gasteiger partial charge in [0.05, 0.1) is 0 Å². The van der Waals surface area contributed by atoms with Gasteiger partial charge in [0.2, 0.25) is 5.91 Å². The Balaban J connectivity index is 2.83. The van der Waals surface area contributed by atoms with E-state index in [4.69, 9.17) is 11.6 Å². The third-order valence-corrected chi connectivity index (χ3v) is 2.66. The molecule has 1 rings (SSSR count). The van der Waals surface area contributed by atoms with Crippen molar-refractivity contribution >= 4 is 23.4 Å². The Bertz CT molecular complexity index is 448. The molecule has 104 valence electrons. The van der Waals surface area contributed by atoms with Crippen molar-refractivity contribution in [3.05, 3.63) is 23.0 Å². The van der Waals surface area contributed by atoms with Crippen LogP contribution in [0.25, 0.3) is 0 Å². The zero-order valence-electron chi connectivity index (χ0n) is 11.3. The SMILES string of the molecule is CCCN(CC(=O)N(C)C)C(=O)c1ccc(Cl)nn1. The lowest BCUT2D eigenvalue weighted by atomic mass is 10.3. The van der Waals surface area contributed by atoms with E-state index >= 15 is 0 Å². The van der Waals surface area contributed by atoms with E-state index in [0.29, 0.717) is 6.54 Å². The van der Waals surface area contributed by atoms with Crippen molar-refractivity contribution in [1.82, 2.24) is 20.0 Å². The highest BCUT2D eigenvalue weighted by Crippen LogP contribution is 2.06. The number of rotatable bonds is 5. The number of carbonyl (C=O) groups is 2. The number of hydrogen-bond acceptors (Lipinski definition) is 4. The molecule has 0 radical (unpaired) electrons. The van der Waals surface area contributed by atoms with Crippen LogP contribution >= 0.6 is 11.6 Å². The molecule has 7 heteroatoms. The van der Waals surface area contributed by atoms with Crippen molar-refractivity contribution in [2.24, 2.45) is 0 Å². The summed E-state index contributed by atoms with van der Waals surface area (Å²) in [6, 6.07) is 3.00. The van der Waals surface area contributed by atoms with Crippen LogP contribution < -0.4 is 0 Å². The molecule has 0 bridgehead atoms. The van der Waals surface area contributed by atoms with Crippen LogP contribution in [-0.4, -0.2) is 59.0 Å². The highest BCUT2D eigenvalue weighted by molar-refractivity contribution is 6.29. The van der Waals surface area contributed by atoms with Gasteiger partial charge >= 0.3 is 0 Å². The summed E-state index contributed by atoms with van der Waals surface area (Å²) in [6.07, 6.45) is 0.757. The van der Waals surface area contributed by atoms with E-state index < -0.39 is 0 Å². The maximum Gasteiger partial charge on any atom is 0.274 e. The predicted molar refractivity (Wildman–Crippen MR) is 71.9 cm³/mol. The van der Waals surface area contributed by atoms with Gasteiger partial charge in [-0.15, -0.1) is 10.2 Å². The average molecular weight is 285 g/mol. The summed E-state index contributed by atoms with van der Waals surface area (Å²) in [6.45, 7) is 2.46. The number of halogens is 1. The first-order valence-electron chi connectivity index (χ1n) is 5.94. The minimum atomic E-state index is -0.318. The molecule has 0 saturated carbocycles. The van der Waals surface area contributed by atoms with E-state index in [9.17, 15) is 9.59 Å². The predicted octanol–water partition coefficient (Wildman–Crippen LogP) is 1.07. The van der Waals surface area contributed by atoms with Gasteiger partial charge in [0, 0.05) is 20.6 Å². The van der Waals surface area contributed by atoms with Crippen LogP contribution in [0.15, 0.2) is 12.1 Å². The van der Waals surface area contributed by atoms with Crippen LogP contribution in [0.3, 0.4) is 0 Å². The van der Waals surface area contributed by atoms with Gasteiger partial charge in [-0.05, 0) is 18.6 Å². The van der Waals surface area contributed by atoms with Crippen molar-refractivity contribution in [3.63, 3.8) is 0 Å². The zero-order valence-corrected chi connectivity index (χ0v) is 12.0. The Labute approximate surface area is 117 Å². The number of carbonyl (C=O) groups excluding carboxylic acids is 2. The molecule has 6 nitrogen and oxygen atoms in total. The van der Waals surface area contributed by atoms with E-state index in [1.165, 1.54) is 21.9 Å². The van der Waals surface area contributed by atoms with Crippen LogP contribution in [0.2, 0.25) is 5.15 Å². The number of amides is 2. The van der Waals surface area contributed by atoms with Crippen LogP contribution in [0.5, 0.6) is 0 Å². The molecule has 0 atom stereocenters. The molecule has 1 aromatic rings. The fourth-order valence-electron chi connectivity index (χ4n) is 1.42. The quantitative estimate of drug-likeness (QED) is 0.811. The molecule has 2 amide bonds. The van der Waals surface area contributed by atoms with E-state index in [0.717, 1.165) is 6.42 Å². The number of hydrogen-bond donors (Lipinski definition) is 0. The van der Waals surface area contributed by atoms with Crippen molar-refractivity contribution < 1.29 is 9.59 Å². The zero-order chi connectivity index (χ0) is 14.4. The molecule has 1 heterocycles. The number of nitrogens with zero attached hydrogens (tertiary/aromatic N) is 4. The summed E-state index contributed by atoms with van der Waals surface area (Å²) in [5, 5.41) is 7.59. The summed E-state index contributed by atoms with van der Waals surface area (Å²) < 4.78 is 0. The molecule has 1 aromatic heterocycles. The Morgan fingerprint density at radius 1 is 1.26 bits per heavy atom. The Morgan fingerprint density at radius 3 is 2.42 bits per heavy atom. The molecule has 0 aliphatic rings. The Kier molecular flexibility index (Phi) is 5.69. The molecule has 0 spiro atoms. The van der Waals surface area contributed by atoms with E-state index in [1.807, 2.05) is 6.92 Å². The third-order valence-electron chi connectivity index (χ3n) is 2.46. The molecule has 0 aromatic carbocycles. The fourth-order valence-corrected chi connectivity index (χ4v) is 1.52. The monoisotopic (exact) mass is 284 g/mol. The molecule has 19 heavy (non-hydrogen) atoms. The lowest BCUT2D eigenvalue weighted by molar-refractivity contribution is -0.129. The highest BCUT2D eigenvalue weighted by Gasteiger charge is 2.20. The van der Waals surface area contributed by atoms with Gasteiger partial charge in [-0.2, -0.15) is 0 Å². The highest BCUT2D eigenvalue weighted by atomic mass is 35.5. The van der Waals surface area contributed by atoms with E-state index in [2.05, 4.69) is 10.2 Å². The standard InChI is InChI=1S/C12H17ClN4O2/c1-4-7-17(8-11(18)16(2)3)12(19)9-5-6-10(13)15-14-9/h5-6H,4,7-8H2,1-3H3. The van der Waals surface area contributed by atoms with E-state index in [1.54, 1.807) is 14.1 Å². The third kappa shape index (κ3) is 4.48. The topological polar surface area (TPSA) is 66.4 Å². The molecule has 0 saturated heterocycles. The molecular formula is C12H17ClN4O2. The molecule has 0 aliphatic heterocycles. The Hall–Kier alpha value is -1.69. The van der Waals surface area contributed by atoms with Gasteiger partial charge in [-0.3, -0.25) is 9.59 Å². The van der Waals surface area contributed by atoms with Crippen molar-refractivity contribution in [2.75, 3.05) is 27.2 Å². The normalized spacial score (nSPS) is 10.1. The van der Waals surface area contributed by atoms with Crippen molar-refractivity contribution in [1.29, 1.82) is 0 Å². The van der Waals surface area contributed by atoms with Crippen LogP contribution in [0.1, 0.15) is 23.8 Å². The van der Waals surface area contributed by atoms with Gasteiger partial charge in [0.1, 0.15) is 6.54 Å². The minimum absolute atomic E-state index is 0.0317. The van der Waals surface area contributed by atoms with Crippen molar-refractivity contribution in [2.45, 2.75) is 13.3 Å². The van der Waals surface area contributed by atoms with Crippen LogP contribution in [-0.2, 0) is 4.79 Å². The number of aromatic nitrogens is 2. The first-order valence-corrected chi connectivity index (χ1v) is 6.32. The summed E-state index contributed by atoms with van der Waals surface area (Å²) in [5.41, 5.74) is 0.185. The number of likely N-dealkylation sites (N-methyl/N-ethyl adjacent to an activating group) is 1. The molecule has 0 aliphatic carbocycles. The first-order chi connectivity index (χ1) is 8.95. The second-order valence-electron chi connectivity index (χ2n) is 4.26. The molecular weight excluding hydrogens is 268 g/mol. The first kappa shape index (κ1) is 15.4.